The van der Waals surface area contributed by atoms with Crippen LogP contribution in [0.4, 0.5) is 4.79 Å². The van der Waals surface area contributed by atoms with Crippen LogP contribution in [0, 0.1) is 17.8 Å². The van der Waals surface area contributed by atoms with Gasteiger partial charge in [0.2, 0.25) is 12.1 Å². The van der Waals surface area contributed by atoms with Gasteiger partial charge in [0.15, 0.2) is 0 Å². The standard InChI is InChI=1S/C46H60N4O8/c1-4-23-54-34-19-20-40-37(28-34)43-35(16-9-12-22-52)31(14-8-11-21-51)27-36-39(49-58-42-18-10-13-25-55-42)29-41(46(57-40,44(36)43)56-24-5-2)50(3)45(53)47-30-33-26-32-15-6-7-17-38(32)48-33/h4-7,15,17,19-20,26-28,31,35,41-44,48,51-52H,1-2,8-14,16,18,21-25,29-30H2,3H3,(H,47,53)/t31-,35+,41-,42?,43+,44+,46+/m0/s1. The molecule has 2 aliphatic heterocycles. The van der Waals surface area contributed by atoms with E-state index in [-0.39, 0.29) is 43.6 Å². The molecule has 58 heavy (non-hydrogen) atoms. The number of hydrogen-bond acceptors (Lipinski definition) is 9. The maximum Gasteiger partial charge on any atom is 0.317 e. The third-order valence-electron chi connectivity index (χ3n) is 12.2. The summed E-state index contributed by atoms with van der Waals surface area (Å²) in [5.41, 5.74) is 4.60. The molecular formula is C46H60N4O8. The number of fused-ring (bicyclic) bond motifs is 3. The Morgan fingerprint density at radius 2 is 1.86 bits per heavy atom. The smallest absolute Gasteiger partial charge is 0.317 e. The highest BCUT2D eigenvalue weighted by Crippen LogP contribution is 2.61. The molecule has 3 aromatic rings. The van der Waals surface area contributed by atoms with Crippen LogP contribution in [0.15, 0.2) is 90.6 Å². The highest BCUT2D eigenvalue weighted by molar-refractivity contribution is 6.03. The van der Waals surface area contributed by atoms with Crippen molar-refractivity contribution >= 4 is 22.6 Å². The molecule has 1 saturated heterocycles. The molecule has 7 atom stereocenters. The minimum atomic E-state index is -1.35. The number of para-hydroxylation sites is 1. The molecular weight excluding hydrogens is 737 g/mol. The second kappa shape index (κ2) is 19.4. The molecule has 12 heteroatoms. The van der Waals surface area contributed by atoms with Crippen LogP contribution in [0.5, 0.6) is 11.5 Å². The number of oxime groups is 1. The number of aliphatic hydroxyl groups excluding tert-OH is 2. The Labute approximate surface area is 341 Å². The molecule has 2 fully saturated rings. The number of allylic oxidation sites excluding steroid dienone is 1. The molecule has 0 radical (unpaired) electrons. The first kappa shape index (κ1) is 41.5. The van der Waals surface area contributed by atoms with Crippen molar-refractivity contribution in [3.63, 3.8) is 0 Å². The lowest BCUT2D eigenvalue weighted by Gasteiger charge is -2.59. The molecule has 2 aromatic carbocycles. The van der Waals surface area contributed by atoms with Crippen LogP contribution in [0.3, 0.4) is 0 Å². The number of ether oxygens (including phenoxy) is 4. The number of nitrogens with one attached hydrogen (secondary N) is 2. The summed E-state index contributed by atoms with van der Waals surface area (Å²) < 4.78 is 26.3. The lowest BCUT2D eigenvalue weighted by atomic mass is 9.55. The SMILES string of the molecule is C=CCOc1ccc2c(c1)[C@H]1[C@H](CCCCO)[C@@H](CCCCO)C=C3C(=NOC4CCCCO4)C[C@H](N(C)C(=O)NCc4cc5ccccc5[nH]4)[C@@](OCC=C)(O2)[C@H]31. The second-order valence-electron chi connectivity index (χ2n) is 15.9. The van der Waals surface area contributed by atoms with Crippen molar-refractivity contribution in [1.82, 2.24) is 15.2 Å². The van der Waals surface area contributed by atoms with Crippen molar-refractivity contribution in [3.8, 4) is 11.5 Å². The van der Waals surface area contributed by atoms with Gasteiger partial charge in [-0.1, -0.05) is 61.0 Å². The molecule has 3 heterocycles. The second-order valence-corrected chi connectivity index (χ2v) is 15.9. The maximum atomic E-state index is 14.4. The molecule has 4 aliphatic rings. The maximum absolute atomic E-state index is 14.4. The minimum Gasteiger partial charge on any atom is -0.490 e. The summed E-state index contributed by atoms with van der Waals surface area (Å²) in [4.78, 5) is 25.7. The summed E-state index contributed by atoms with van der Waals surface area (Å²) in [6.45, 7) is 9.56. The van der Waals surface area contributed by atoms with Crippen LogP contribution < -0.4 is 14.8 Å². The number of carbonyl (C=O) groups is 1. The third kappa shape index (κ3) is 8.85. The van der Waals surface area contributed by atoms with Gasteiger partial charge in [0.1, 0.15) is 24.1 Å². The van der Waals surface area contributed by atoms with Crippen LogP contribution in [0.2, 0.25) is 0 Å². The van der Waals surface area contributed by atoms with E-state index < -0.39 is 24.0 Å². The van der Waals surface area contributed by atoms with E-state index in [2.05, 4.69) is 35.6 Å². The van der Waals surface area contributed by atoms with Crippen molar-refractivity contribution in [2.75, 3.05) is 40.1 Å². The molecule has 12 nitrogen and oxygen atoms in total. The molecule has 7 rings (SSSR count). The number of hydrogen-bond donors (Lipinski definition) is 4. The summed E-state index contributed by atoms with van der Waals surface area (Å²) >= 11 is 0. The van der Waals surface area contributed by atoms with Gasteiger partial charge in [-0.05, 0) is 91.7 Å². The highest BCUT2D eigenvalue weighted by Gasteiger charge is 2.65. The lowest BCUT2D eigenvalue weighted by molar-refractivity contribution is -0.252. The summed E-state index contributed by atoms with van der Waals surface area (Å²) in [7, 11) is 1.79. The quantitative estimate of drug-likeness (QED) is 0.0548. The fraction of sp³-hybridized carbons (Fsp3) is 0.522. The average Bonchev–Trinajstić information content (AvgIpc) is 3.68. The number of nitrogens with zero attached hydrogens (tertiary/aromatic N) is 2. The van der Waals surface area contributed by atoms with Crippen molar-refractivity contribution in [2.24, 2.45) is 22.9 Å². The van der Waals surface area contributed by atoms with Crippen molar-refractivity contribution in [1.29, 1.82) is 0 Å². The van der Waals surface area contributed by atoms with Gasteiger partial charge < -0.3 is 49.2 Å². The Balaban J connectivity index is 1.35. The van der Waals surface area contributed by atoms with Gasteiger partial charge in [-0.25, -0.2) is 4.79 Å². The monoisotopic (exact) mass is 796 g/mol. The summed E-state index contributed by atoms with van der Waals surface area (Å²) in [6, 6.07) is 15.1. The first-order chi connectivity index (χ1) is 28.4. The molecule has 0 spiro atoms. The molecule has 2 aliphatic carbocycles. The van der Waals surface area contributed by atoms with E-state index >= 15 is 0 Å². The van der Waals surface area contributed by atoms with Gasteiger partial charge >= 0.3 is 6.03 Å². The number of amides is 2. The fourth-order valence-electron chi connectivity index (χ4n) is 9.56. The van der Waals surface area contributed by atoms with Gasteiger partial charge in [-0.3, -0.25) is 0 Å². The van der Waals surface area contributed by atoms with Crippen molar-refractivity contribution < 1.29 is 38.8 Å². The van der Waals surface area contributed by atoms with Gasteiger partial charge in [-0.2, -0.15) is 0 Å². The number of benzene rings is 2. The molecule has 0 bridgehead atoms. The third-order valence-corrected chi connectivity index (χ3v) is 12.2. The minimum absolute atomic E-state index is 0.103. The predicted molar refractivity (Wildman–Crippen MR) is 224 cm³/mol. The summed E-state index contributed by atoms with van der Waals surface area (Å²) in [5.74, 6) is -0.320. The fourth-order valence-corrected chi connectivity index (χ4v) is 9.56. The number of unbranched alkanes of at least 4 members (excludes halogenated alkanes) is 2. The van der Waals surface area contributed by atoms with E-state index in [1.807, 2.05) is 42.5 Å². The zero-order chi connectivity index (χ0) is 40.5. The molecule has 1 saturated carbocycles. The van der Waals surface area contributed by atoms with Crippen LogP contribution in [0.25, 0.3) is 10.9 Å². The van der Waals surface area contributed by atoms with E-state index in [1.54, 1.807) is 24.1 Å². The number of urea groups is 1. The van der Waals surface area contributed by atoms with Gasteiger partial charge in [0.05, 0.1) is 31.4 Å². The van der Waals surface area contributed by atoms with Gasteiger partial charge in [0.25, 0.3) is 0 Å². The molecule has 2 amide bonds. The Kier molecular flexibility index (Phi) is 13.9. The van der Waals surface area contributed by atoms with Gasteiger partial charge in [0, 0.05) is 55.8 Å². The van der Waals surface area contributed by atoms with E-state index in [9.17, 15) is 15.0 Å². The van der Waals surface area contributed by atoms with Crippen LogP contribution in [-0.2, 0) is 20.9 Å². The van der Waals surface area contributed by atoms with Crippen LogP contribution in [0.1, 0.15) is 81.4 Å². The number of aliphatic hydroxyl groups is 2. The molecule has 312 valence electrons. The van der Waals surface area contributed by atoms with Gasteiger partial charge in [-0.15, -0.1) is 6.58 Å². The Hall–Kier alpha value is -4.62. The summed E-state index contributed by atoms with van der Waals surface area (Å²) in [6.07, 6.45) is 13.1. The van der Waals surface area contributed by atoms with E-state index in [0.29, 0.717) is 50.5 Å². The van der Waals surface area contributed by atoms with Crippen LogP contribution in [-0.4, -0.2) is 90.0 Å². The first-order valence-electron chi connectivity index (χ1n) is 21.1. The van der Waals surface area contributed by atoms with E-state index in [4.69, 9.17) is 28.9 Å². The van der Waals surface area contributed by atoms with E-state index in [1.165, 1.54) is 0 Å². The first-order valence-corrected chi connectivity index (χ1v) is 21.1. The summed E-state index contributed by atoms with van der Waals surface area (Å²) in [5, 5.41) is 28.9. The zero-order valence-corrected chi connectivity index (χ0v) is 33.8. The van der Waals surface area contributed by atoms with Crippen molar-refractivity contribution in [3.05, 3.63) is 96.7 Å². The normalized spacial score (nSPS) is 26.8. The predicted octanol–water partition coefficient (Wildman–Crippen LogP) is 7.73. The number of H-pyrrole nitrogens is 1. The van der Waals surface area contributed by atoms with Crippen molar-refractivity contribution in [2.45, 2.75) is 94.8 Å². The largest absolute Gasteiger partial charge is 0.490 e. The number of aromatic nitrogens is 1. The highest BCUT2D eigenvalue weighted by atomic mass is 16.8. The topological polar surface area (TPSA) is 147 Å². The molecule has 1 aromatic heterocycles. The van der Waals surface area contributed by atoms with E-state index in [0.717, 1.165) is 78.4 Å². The average molecular weight is 797 g/mol. The number of rotatable bonds is 19. The lowest BCUT2D eigenvalue weighted by Crippen LogP contribution is -2.70. The zero-order valence-electron chi connectivity index (χ0n) is 33.8. The Morgan fingerprint density at radius 1 is 1.05 bits per heavy atom. The Bertz CT molecular complexity index is 1900. The number of aromatic amines is 1. The molecule has 1 unspecified atom stereocenters. The van der Waals surface area contributed by atoms with Crippen LogP contribution >= 0.6 is 0 Å². The number of carbonyl (C=O) groups excluding carboxylic acids is 1. The molecule has 4 N–H and O–H groups in total. The number of likely N-dealkylation sites (N-methyl/N-ethyl adjacent to an activating group) is 1. The Morgan fingerprint density at radius 3 is 2.62 bits per heavy atom.